The van der Waals surface area contributed by atoms with Gasteiger partial charge >= 0.3 is 0 Å². The third kappa shape index (κ3) is 3.77. The zero-order chi connectivity index (χ0) is 24.1. The first-order chi connectivity index (χ1) is 17.0. The predicted molar refractivity (Wildman–Crippen MR) is 143 cm³/mol. The molecule has 1 saturated heterocycles. The van der Waals surface area contributed by atoms with Crippen molar-refractivity contribution in [3.63, 3.8) is 0 Å². The summed E-state index contributed by atoms with van der Waals surface area (Å²) in [6.07, 6.45) is 1.83. The van der Waals surface area contributed by atoms with Crippen molar-refractivity contribution < 1.29 is 9.47 Å². The summed E-state index contributed by atoms with van der Waals surface area (Å²) < 4.78 is 14.4. The van der Waals surface area contributed by atoms with Gasteiger partial charge in [0.05, 0.1) is 17.8 Å². The number of ether oxygens (including phenoxy) is 2. The lowest BCUT2D eigenvalue weighted by atomic mass is 9.96. The third-order valence-corrected chi connectivity index (χ3v) is 7.45. The SMILES string of the molecule is Cc1cc([C@@H]2[C@H](c3ccccn3)NC(=S)N2c2ccc(Br)cc2)c(C)n1-c1ccc2c(c1)OCO2. The van der Waals surface area contributed by atoms with Crippen LogP contribution in [-0.2, 0) is 0 Å². The minimum absolute atomic E-state index is 0.0764. The molecule has 0 spiro atoms. The maximum Gasteiger partial charge on any atom is 0.231 e. The number of nitrogens with zero attached hydrogens (tertiary/aromatic N) is 3. The number of hydrogen-bond donors (Lipinski definition) is 1. The molecule has 2 aromatic heterocycles. The van der Waals surface area contributed by atoms with Gasteiger partial charge in [-0.15, -0.1) is 0 Å². The maximum atomic E-state index is 5.88. The number of aromatic nitrogens is 2. The van der Waals surface area contributed by atoms with E-state index in [4.69, 9.17) is 21.7 Å². The van der Waals surface area contributed by atoms with Crippen LogP contribution >= 0.6 is 28.1 Å². The average molecular weight is 547 g/mol. The second-order valence-corrected chi connectivity index (χ2v) is 9.97. The van der Waals surface area contributed by atoms with E-state index in [-0.39, 0.29) is 18.9 Å². The summed E-state index contributed by atoms with van der Waals surface area (Å²) in [7, 11) is 0. The van der Waals surface area contributed by atoms with Crippen LogP contribution in [0, 0.1) is 13.8 Å². The molecule has 0 radical (unpaired) electrons. The Morgan fingerprint density at radius 2 is 1.74 bits per heavy atom. The number of thiocarbonyl (C=S) groups is 1. The number of rotatable bonds is 4. The second-order valence-electron chi connectivity index (χ2n) is 8.67. The molecule has 0 saturated carbocycles. The molecular weight excluding hydrogens is 524 g/mol. The van der Waals surface area contributed by atoms with Crippen LogP contribution in [0.15, 0.2) is 77.4 Å². The zero-order valence-electron chi connectivity index (χ0n) is 19.2. The molecule has 0 bridgehead atoms. The zero-order valence-corrected chi connectivity index (χ0v) is 21.6. The summed E-state index contributed by atoms with van der Waals surface area (Å²) in [5, 5.41) is 4.23. The quantitative estimate of drug-likeness (QED) is 0.309. The van der Waals surface area contributed by atoms with Gasteiger partial charge in [0.25, 0.3) is 0 Å². The Morgan fingerprint density at radius 1 is 0.971 bits per heavy atom. The van der Waals surface area contributed by atoms with Gasteiger partial charge in [0.2, 0.25) is 6.79 Å². The second kappa shape index (κ2) is 8.70. The number of anilines is 1. The predicted octanol–water partition coefficient (Wildman–Crippen LogP) is 6.16. The van der Waals surface area contributed by atoms with Gasteiger partial charge in [0.15, 0.2) is 16.6 Å². The average Bonchev–Trinajstić information content (AvgIpc) is 3.55. The lowest BCUT2D eigenvalue weighted by Gasteiger charge is -2.28. The van der Waals surface area contributed by atoms with Crippen LogP contribution in [0.3, 0.4) is 0 Å². The van der Waals surface area contributed by atoms with Crippen molar-refractivity contribution >= 4 is 38.9 Å². The fourth-order valence-electron chi connectivity index (χ4n) is 5.06. The van der Waals surface area contributed by atoms with E-state index in [1.807, 2.05) is 42.6 Å². The van der Waals surface area contributed by atoms with Gasteiger partial charge in [-0.05, 0) is 86.2 Å². The summed E-state index contributed by atoms with van der Waals surface area (Å²) in [4.78, 5) is 6.88. The Hall–Kier alpha value is -3.36. The number of halogens is 1. The number of aryl methyl sites for hydroxylation is 1. The fraction of sp³-hybridized carbons (Fsp3) is 0.185. The molecule has 0 amide bonds. The van der Waals surface area contributed by atoms with E-state index in [0.717, 1.165) is 44.4 Å². The van der Waals surface area contributed by atoms with Crippen LogP contribution in [0.25, 0.3) is 5.69 Å². The summed E-state index contributed by atoms with van der Waals surface area (Å²) in [5.74, 6) is 1.54. The molecule has 6 rings (SSSR count). The number of hydrogen-bond acceptors (Lipinski definition) is 4. The molecule has 8 heteroatoms. The summed E-state index contributed by atoms with van der Waals surface area (Å²) in [5.41, 5.74) is 6.47. The molecule has 1 N–H and O–H groups in total. The van der Waals surface area contributed by atoms with Crippen molar-refractivity contribution in [3.8, 4) is 17.2 Å². The monoisotopic (exact) mass is 546 g/mol. The lowest BCUT2D eigenvalue weighted by Crippen LogP contribution is -2.29. The highest BCUT2D eigenvalue weighted by atomic mass is 79.9. The summed E-state index contributed by atoms with van der Waals surface area (Å²) in [6, 6.07) is 22.4. The fourth-order valence-corrected chi connectivity index (χ4v) is 5.67. The van der Waals surface area contributed by atoms with Gasteiger partial charge < -0.3 is 24.3 Å². The van der Waals surface area contributed by atoms with Gasteiger partial charge in [-0.3, -0.25) is 4.98 Å². The molecule has 35 heavy (non-hydrogen) atoms. The molecule has 1 fully saturated rings. The minimum atomic E-state index is -0.0990. The van der Waals surface area contributed by atoms with Crippen molar-refractivity contribution in [2.24, 2.45) is 0 Å². The van der Waals surface area contributed by atoms with Crippen molar-refractivity contribution in [1.29, 1.82) is 0 Å². The smallest absolute Gasteiger partial charge is 0.231 e. The van der Waals surface area contributed by atoms with Crippen LogP contribution < -0.4 is 19.7 Å². The van der Waals surface area contributed by atoms with E-state index in [0.29, 0.717) is 5.11 Å². The maximum absolute atomic E-state index is 5.88. The van der Waals surface area contributed by atoms with Gasteiger partial charge in [-0.1, -0.05) is 22.0 Å². The van der Waals surface area contributed by atoms with Gasteiger partial charge in [0, 0.05) is 39.5 Å². The lowest BCUT2D eigenvalue weighted by molar-refractivity contribution is 0.174. The van der Waals surface area contributed by atoms with E-state index < -0.39 is 0 Å². The number of fused-ring (bicyclic) bond motifs is 1. The first-order valence-electron chi connectivity index (χ1n) is 11.4. The van der Waals surface area contributed by atoms with E-state index in [9.17, 15) is 0 Å². The Bertz CT molecular complexity index is 1420. The van der Waals surface area contributed by atoms with Crippen molar-refractivity contribution in [2.45, 2.75) is 25.9 Å². The molecule has 0 aliphatic carbocycles. The topological polar surface area (TPSA) is 51.6 Å². The molecule has 4 aromatic rings. The van der Waals surface area contributed by atoms with Crippen molar-refractivity contribution in [2.75, 3.05) is 11.7 Å². The van der Waals surface area contributed by atoms with Gasteiger partial charge in [0.1, 0.15) is 0 Å². The number of benzene rings is 2. The van der Waals surface area contributed by atoms with E-state index in [1.165, 1.54) is 5.56 Å². The molecule has 176 valence electrons. The van der Waals surface area contributed by atoms with Gasteiger partial charge in [-0.25, -0.2) is 0 Å². The minimum Gasteiger partial charge on any atom is -0.454 e. The molecule has 6 nitrogen and oxygen atoms in total. The largest absolute Gasteiger partial charge is 0.454 e. The highest BCUT2D eigenvalue weighted by Gasteiger charge is 2.42. The molecule has 2 aliphatic heterocycles. The normalized spacial score (nSPS) is 18.7. The number of pyridine rings is 1. The van der Waals surface area contributed by atoms with Crippen molar-refractivity contribution in [3.05, 3.63) is 100 Å². The Kier molecular flexibility index (Phi) is 5.50. The third-order valence-electron chi connectivity index (χ3n) is 6.61. The van der Waals surface area contributed by atoms with Crippen LogP contribution in [0.1, 0.15) is 34.7 Å². The van der Waals surface area contributed by atoms with E-state index >= 15 is 0 Å². The van der Waals surface area contributed by atoms with Crippen molar-refractivity contribution in [1.82, 2.24) is 14.9 Å². The van der Waals surface area contributed by atoms with Crippen LogP contribution in [0.2, 0.25) is 0 Å². The first kappa shape index (κ1) is 22.1. The highest BCUT2D eigenvalue weighted by Crippen LogP contribution is 2.44. The van der Waals surface area contributed by atoms with Gasteiger partial charge in [-0.2, -0.15) is 0 Å². The molecule has 4 heterocycles. The molecule has 2 aliphatic rings. The Balaban J connectivity index is 1.50. The molecule has 2 aromatic carbocycles. The molecule has 2 atom stereocenters. The summed E-state index contributed by atoms with van der Waals surface area (Å²) >= 11 is 9.43. The van der Waals surface area contributed by atoms with E-state index in [2.05, 4.69) is 79.9 Å². The van der Waals surface area contributed by atoms with Crippen LogP contribution in [0.4, 0.5) is 5.69 Å². The summed E-state index contributed by atoms with van der Waals surface area (Å²) in [6.45, 7) is 4.54. The van der Waals surface area contributed by atoms with E-state index in [1.54, 1.807) is 0 Å². The highest BCUT2D eigenvalue weighted by molar-refractivity contribution is 9.10. The Morgan fingerprint density at radius 3 is 2.51 bits per heavy atom. The molecule has 0 unspecified atom stereocenters. The Labute approximate surface area is 217 Å². The standard InChI is InChI=1S/C27H23BrN4O2S/c1-16-13-21(17(2)31(16)20-10-11-23-24(14-20)34-15-33-23)26-25(22-5-3-4-12-29-22)30-27(35)32(26)19-8-6-18(28)7-9-19/h3-14,25-26H,15H2,1-2H3,(H,30,35)/t25-,26+/m0/s1. The molecular formula is C27H23BrN4O2S. The van der Waals surface area contributed by atoms with Crippen LogP contribution in [-0.4, -0.2) is 21.5 Å². The first-order valence-corrected chi connectivity index (χ1v) is 12.6. The number of nitrogens with one attached hydrogen (secondary N) is 1. The van der Waals surface area contributed by atoms with Crippen LogP contribution in [0.5, 0.6) is 11.5 Å².